The van der Waals surface area contributed by atoms with Crippen molar-refractivity contribution in [2.45, 2.75) is 19.1 Å². The fraction of sp³-hybridized carbons (Fsp3) is 0.500. The van der Waals surface area contributed by atoms with Gasteiger partial charge < -0.3 is 15.2 Å². The summed E-state index contributed by atoms with van der Waals surface area (Å²) in [5.41, 5.74) is 6.47. The monoisotopic (exact) mass is 271 g/mol. The zero-order valence-corrected chi connectivity index (χ0v) is 11.1. The Kier molecular flexibility index (Phi) is 3.77. The van der Waals surface area contributed by atoms with Crippen LogP contribution in [0.2, 0.25) is 0 Å². The van der Waals surface area contributed by atoms with Crippen molar-refractivity contribution in [1.29, 1.82) is 0 Å². The number of hydrogen-bond donors (Lipinski definition) is 1. The second-order valence-corrected chi connectivity index (χ2v) is 6.55. The molecule has 1 unspecified atom stereocenters. The predicted molar refractivity (Wildman–Crippen MR) is 68.6 cm³/mol. The van der Waals surface area contributed by atoms with Crippen LogP contribution in [-0.4, -0.2) is 33.1 Å². The van der Waals surface area contributed by atoms with E-state index in [1.165, 1.54) is 0 Å². The maximum atomic E-state index is 11.4. The van der Waals surface area contributed by atoms with Crippen molar-refractivity contribution in [3.63, 3.8) is 0 Å². The largest absolute Gasteiger partial charge is 0.497 e. The van der Waals surface area contributed by atoms with Gasteiger partial charge in [-0.15, -0.1) is 0 Å². The molecule has 2 N–H and O–H groups in total. The molecular weight excluding hydrogens is 254 g/mol. The molecule has 5 nitrogen and oxygen atoms in total. The summed E-state index contributed by atoms with van der Waals surface area (Å²) >= 11 is 0. The number of methoxy groups -OCH3 is 1. The molecule has 1 aromatic carbocycles. The van der Waals surface area contributed by atoms with E-state index in [1.54, 1.807) is 25.3 Å². The highest BCUT2D eigenvalue weighted by Gasteiger charge is 2.29. The van der Waals surface area contributed by atoms with Gasteiger partial charge in [-0.25, -0.2) is 8.42 Å². The summed E-state index contributed by atoms with van der Waals surface area (Å²) in [7, 11) is -1.35. The van der Waals surface area contributed by atoms with Crippen molar-refractivity contribution in [2.24, 2.45) is 5.73 Å². The first-order chi connectivity index (χ1) is 8.54. The fourth-order valence-electron chi connectivity index (χ4n) is 1.99. The van der Waals surface area contributed by atoms with Crippen LogP contribution in [0.25, 0.3) is 0 Å². The van der Waals surface area contributed by atoms with Gasteiger partial charge in [-0.05, 0) is 24.6 Å². The predicted octanol–water partition coefficient (Wildman–Crippen LogP) is 0.720. The maximum absolute atomic E-state index is 11.4. The second kappa shape index (κ2) is 5.16. The Bertz CT molecular complexity index is 527. The number of hydrogen-bond acceptors (Lipinski definition) is 5. The maximum Gasteiger partial charge on any atom is 0.154 e. The minimum absolute atomic E-state index is 0.0863. The second-order valence-electron chi connectivity index (χ2n) is 4.32. The van der Waals surface area contributed by atoms with Gasteiger partial charge in [0, 0.05) is 12.1 Å². The van der Waals surface area contributed by atoms with E-state index in [4.69, 9.17) is 15.2 Å². The Hall–Kier alpha value is -1.27. The summed E-state index contributed by atoms with van der Waals surface area (Å²) in [4.78, 5) is 0. The van der Waals surface area contributed by atoms with Crippen molar-refractivity contribution in [1.82, 2.24) is 0 Å². The molecular formula is C12H17NO4S. The van der Waals surface area contributed by atoms with Crippen molar-refractivity contribution in [2.75, 3.05) is 18.6 Å². The Morgan fingerprint density at radius 3 is 2.78 bits per heavy atom. The van der Waals surface area contributed by atoms with Gasteiger partial charge in [0.05, 0.1) is 18.6 Å². The average molecular weight is 271 g/mol. The highest BCUT2D eigenvalue weighted by molar-refractivity contribution is 7.91. The molecule has 1 fully saturated rings. The lowest BCUT2D eigenvalue weighted by Gasteiger charge is -2.15. The van der Waals surface area contributed by atoms with E-state index < -0.39 is 9.84 Å². The first-order valence-electron chi connectivity index (χ1n) is 5.78. The first-order valence-corrected chi connectivity index (χ1v) is 7.60. The van der Waals surface area contributed by atoms with Gasteiger partial charge in [0.25, 0.3) is 0 Å². The van der Waals surface area contributed by atoms with Crippen molar-refractivity contribution in [3.8, 4) is 11.5 Å². The van der Waals surface area contributed by atoms with E-state index in [2.05, 4.69) is 0 Å². The molecule has 0 aromatic heterocycles. The number of ether oxygens (including phenoxy) is 2. The van der Waals surface area contributed by atoms with Crippen LogP contribution in [0.5, 0.6) is 11.5 Å². The lowest BCUT2D eigenvalue weighted by atomic mass is 10.2. The van der Waals surface area contributed by atoms with Crippen LogP contribution in [0, 0.1) is 0 Å². The molecule has 0 aliphatic carbocycles. The molecule has 6 heteroatoms. The lowest BCUT2D eigenvalue weighted by Crippen LogP contribution is -2.19. The van der Waals surface area contributed by atoms with Crippen LogP contribution >= 0.6 is 0 Å². The molecule has 0 spiro atoms. The zero-order chi connectivity index (χ0) is 13.2. The summed E-state index contributed by atoms with van der Waals surface area (Å²) < 4.78 is 33.5. The lowest BCUT2D eigenvalue weighted by molar-refractivity contribution is 0.226. The number of sulfone groups is 1. The molecule has 0 saturated carbocycles. The number of rotatable bonds is 4. The van der Waals surface area contributed by atoms with Crippen LogP contribution in [0.3, 0.4) is 0 Å². The quantitative estimate of drug-likeness (QED) is 0.873. The molecule has 1 aliphatic heterocycles. The van der Waals surface area contributed by atoms with Gasteiger partial charge in [0.15, 0.2) is 9.84 Å². The normalized spacial score (nSPS) is 21.8. The highest BCUT2D eigenvalue weighted by Crippen LogP contribution is 2.27. The van der Waals surface area contributed by atoms with E-state index in [9.17, 15) is 8.42 Å². The van der Waals surface area contributed by atoms with Crippen LogP contribution in [-0.2, 0) is 16.4 Å². The Balaban J connectivity index is 2.14. The Morgan fingerprint density at radius 1 is 1.44 bits per heavy atom. The third-order valence-electron chi connectivity index (χ3n) is 2.97. The molecule has 1 heterocycles. The Labute approximate surface area is 107 Å². The third kappa shape index (κ3) is 2.94. The van der Waals surface area contributed by atoms with Crippen molar-refractivity contribution < 1.29 is 17.9 Å². The molecule has 1 atom stereocenters. The third-order valence-corrected chi connectivity index (χ3v) is 4.71. The van der Waals surface area contributed by atoms with Crippen LogP contribution in [0.1, 0.15) is 12.0 Å². The summed E-state index contributed by atoms with van der Waals surface area (Å²) in [5.74, 6) is 1.64. The van der Waals surface area contributed by atoms with Gasteiger partial charge >= 0.3 is 0 Å². The zero-order valence-electron chi connectivity index (χ0n) is 10.3. The number of nitrogens with two attached hydrogens (primary N) is 1. The van der Waals surface area contributed by atoms with Gasteiger partial charge in [0.1, 0.15) is 17.6 Å². The van der Waals surface area contributed by atoms with Gasteiger partial charge in [-0.1, -0.05) is 0 Å². The van der Waals surface area contributed by atoms with E-state index in [-0.39, 0.29) is 17.6 Å². The van der Waals surface area contributed by atoms with E-state index >= 15 is 0 Å². The summed E-state index contributed by atoms with van der Waals surface area (Å²) in [5, 5.41) is 0. The Morgan fingerprint density at radius 2 is 2.22 bits per heavy atom. The van der Waals surface area contributed by atoms with Crippen LogP contribution < -0.4 is 15.2 Å². The molecule has 1 aromatic rings. The molecule has 100 valence electrons. The van der Waals surface area contributed by atoms with Gasteiger partial charge in [-0.3, -0.25) is 0 Å². The van der Waals surface area contributed by atoms with E-state index in [0.29, 0.717) is 24.5 Å². The number of benzene rings is 1. The topological polar surface area (TPSA) is 78.6 Å². The van der Waals surface area contributed by atoms with Crippen molar-refractivity contribution in [3.05, 3.63) is 23.8 Å². The standard InChI is InChI=1S/C12H17NO4S/c1-16-10-2-3-12(9(6-10)7-13)17-11-4-5-18(14,15)8-11/h2-3,6,11H,4-5,7-8,13H2,1H3. The molecule has 2 rings (SSSR count). The fourth-order valence-corrected chi connectivity index (χ4v) is 3.58. The highest BCUT2D eigenvalue weighted by atomic mass is 32.2. The molecule has 0 bridgehead atoms. The summed E-state index contributed by atoms with van der Waals surface area (Å²) in [6.07, 6.45) is 0.270. The van der Waals surface area contributed by atoms with Crippen LogP contribution in [0.4, 0.5) is 0 Å². The van der Waals surface area contributed by atoms with Crippen molar-refractivity contribution >= 4 is 9.84 Å². The van der Waals surface area contributed by atoms with E-state index in [0.717, 1.165) is 5.56 Å². The SMILES string of the molecule is COc1ccc(OC2CCS(=O)(=O)C2)c(CN)c1. The van der Waals surface area contributed by atoms with Gasteiger partial charge in [0.2, 0.25) is 0 Å². The summed E-state index contributed by atoms with van der Waals surface area (Å²) in [6, 6.07) is 5.35. The minimum Gasteiger partial charge on any atom is -0.497 e. The molecule has 1 aliphatic rings. The minimum atomic E-state index is -2.93. The molecule has 18 heavy (non-hydrogen) atoms. The smallest absolute Gasteiger partial charge is 0.154 e. The summed E-state index contributed by atoms with van der Waals surface area (Å²) in [6.45, 7) is 0.325. The molecule has 0 amide bonds. The van der Waals surface area contributed by atoms with Gasteiger partial charge in [-0.2, -0.15) is 0 Å². The molecule has 0 radical (unpaired) electrons. The van der Waals surface area contributed by atoms with E-state index in [1.807, 2.05) is 0 Å². The average Bonchev–Trinajstić information content (AvgIpc) is 2.69. The first kappa shape index (κ1) is 13.2. The van der Waals surface area contributed by atoms with Crippen LogP contribution in [0.15, 0.2) is 18.2 Å². The molecule has 1 saturated heterocycles.